The maximum Gasteiger partial charge on any atom is 1.00 e. The minimum Gasteiger partial charge on any atom is -0.748 e. The maximum atomic E-state index is 12.2. The number of amides is 6. The molecule has 0 bridgehead atoms. The van der Waals surface area contributed by atoms with Crippen molar-refractivity contribution in [3.63, 3.8) is 0 Å². The zero-order chi connectivity index (χ0) is 98.1. The van der Waals surface area contributed by atoms with Gasteiger partial charge in [0.05, 0.1) is 51.8 Å². The van der Waals surface area contributed by atoms with Crippen molar-refractivity contribution in [1.29, 1.82) is 0 Å². The number of unbranched alkanes of at least 4 members (excludes halogenated alkanes) is 1. The van der Waals surface area contributed by atoms with Crippen molar-refractivity contribution >= 4 is 141 Å². The fraction of sp³-hybridized carbons (Fsp3) is 0.776. The topological polar surface area (TPSA) is 374 Å². The van der Waals surface area contributed by atoms with Crippen LogP contribution < -0.4 is 94.0 Å². The summed E-state index contributed by atoms with van der Waals surface area (Å²) in [5.74, 6) is -1.86. The zero-order valence-electron chi connectivity index (χ0n) is 85.7. The Balaban J connectivity index is -0.000000185. The Labute approximate surface area is 842 Å². The van der Waals surface area contributed by atoms with Crippen LogP contribution in [-0.4, -0.2) is 325 Å². The first-order valence-corrected chi connectivity index (χ1v) is 78.6. The van der Waals surface area contributed by atoms with E-state index >= 15 is 0 Å². The number of imide groups is 1. The monoisotopic (exact) mass is 2020 g/mol. The van der Waals surface area contributed by atoms with Gasteiger partial charge in [-0.3, -0.25) is 43.9 Å². The van der Waals surface area contributed by atoms with Crippen molar-refractivity contribution in [2.45, 2.75) is 260 Å². The summed E-state index contributed by atoms with van der Waals surface area (Å²) >= 11 is 0. The van der Waals surface area contributed by atoms with Crippen LogP contribution >= 0.6 is 21.4 Å². The van der Waals surface area contributed by atoms with Gasteiger partial charge in [0.25, 0.3) is 5.91 Å². The molecule has 724 valence electrons. The fourth-order valence-electron chi connectivity index (χ4n) is 11.1. The van der Waals surface area contributed by atoms with Crippen LogP contribution in [0.1, 0.15) is 106 Å². The first-order chi connectivity index (χ1) is 54.9. The summed E-state index contributed by atoms with van der Waals surface area (Å²) in [4.78, 5) is 93.5. The molecule has 0 fully saturated rings. The molecular formula is C85H175N7Na3O19P3S3Si6. The summed E-state index contributed by atoms with van der Waals surface area (Å²) in [7, 11) is -25.4. The third-order valence-corrected chi connectivity index (χ3v) is 35.8. The molecule has 0 radical (unpaired) electrons. The molecule has 0 unspecified atom stereocenters. The third kappa shape index (κ3) is 104. The molecule has 0 atom stereocenters. The summed E-state index contributed by atoms with van der Waals surface area (Å²) < 4.78 is 131. The Morgan fingerprint density at radius 2 is 0.508 bits per heavy atom. The molecule has 0 aromatic carbocycles. The van der Waals surface area contributed by atoms with E-state index < -0.39 is 118 Å². The average Bonchev–Trinajstić information content (AvgIpc) is 0.896. The van der Waals surface area contributed by atoms with Gasteiger partial charge in [0.2, 0.25) is 17.7 Å². The van der Waals surface area contributed by atoms with Gasteiger partial charge in [0.1, 0.15) is 0 Å². The van der Waals surface area contributed by atoms with E-state index in [1.807, 2.05) is 23.1 Å². The van der Waals surface area contributed by atoms with Crippen LogP contribution in [0.3, 0.4) is 0 Å². The number of Topliss-reactive ketones (excluding diaryl/α,β-unsaturated/α-hetero) is 2. The maximum absolute atomic E-state index is 12.2. The Hall–Kier alpha value is -0.229. The van der Waals surface area contributed by atoms with Gasteiger partial charge < -0.3 is 47.0 Å². The average molecular weight is 2030 g/mol. The Morgan fingerprint density at radius 1 is 0.302 bits per heavy atom. The number of carbonyl (C=O) groups excluding carboxylic acids is 7. The van der Waals surface area contributed by atoms with Gasteiger partial charge in [0, 0.05) is 190 Å². The van der Waals surface area contributed by atoms with Crippen molar-refractivity contribution < 1.29 is 175 Å². The van der Waals surface area contributed by atoms with Crippen molar-refractivity contribution in [3.05, 3.63) is 72.9 Å². The van der Waals surface area contributed by atoms with Gasteiger partial charge in [0.15, 0.2) is 11.6 Å². The summed E-state index contributed by atoms with van der Waals surface area (Å²) in [5, 5.41) is 2.33. The molecule has 41 heteroatoms. The number of nitrogens with one attached hydrogen (secondary N) is 1. The number of urea groups is 1. The molecule has 0 heterocycles. The normalized spacial score (nSPS) is 12.1. The van der Waals surface area contributed by atoms with Crippen LogP contribution in [0.25, 0.3) is 0 Å². The van der Waals surface area contributed by atoms with Gasteiger partial charge in [-0.15, -0.1) is 0 Å². The predicted octanol–water partition coefficient (Wildman–Crippen LogP) is 8.59. The second-order valence-electron chi connectivity index (χ2n) is 41.7. The number of rotatable bonds is 56. The van der Waals surface area contributed by atoms with Crippen LogP contribution in [0, 0.1) is 0 Å². The summed E-state index contributed by atoms with van der Waals surface area (Å²) in [6, 6.07) is 6.61. The van der Waals surface area contributed by atoms with Crippen molar-refractivity contribution in [2.24, 2.45) is 0 Å². The Kier molecular flexibility index (Phi) is 79.3. The minimum absolute atomic E-state index is 0. The van der Waals surface area contributed by atoms with Gasteiger partial charge in [-0.25, -0.2) is 30.0 Å². The molecule has 0 aliphatic heterocycles. The Bertz CT molecular complexity index is 3850. The summed E-state index contributed by atoms with van der Waals surface area (Å²) in [6.45, 7) is 92.5. The molecule has 0 aliphatic rings. The molecule has 0 aliphatic carbocycles. The number of ketones is 2. The van der Waals surface area contributed by atoms with Crippen LogP contribution in [0.15, 0.2) is 72.9 Å². The molecule has 0 spiro atoms. The summed E-state index contributed by atoms with van der Waals surface area (Å²) in [6.07, 6.45) is 9.03. The van der Waals surface area contributed by atoms with E-state index in [0.717, 1.165) is 82.8 Å². The molecule has 0 aromatic heterocycles. The van der Waals surface area contributed by atoms with Crippen LogP contribution in [0.5, 0.6) is 0 Å². The van der Waals surface area contributed by atoms with E-state index in [9.17, 15) is 86.2 Å². The molecule has 126 heavy (non-hydrogen) atoms. The molecule has 0 saturated carbocycles. The van der Waals surface area contributed by atoms with Crippen molar-refractivity contribution in [1.82, 2.24) is 34.7 Å². The van der Waals surface area contributed by atoms with Gasteiger partial charge in [-0.2, -0.15) is 0 Å². The number of hydrogen-bond donors (Lipinski definition) is 1. The van der Waals surface area contributed by atoms with E-state index in [-0.39, 0.29) is 136 Å². The van der Waals surface area contributed by atoms with Crippen LogP contribution in [0.4, 0.5) is 4.79 Å². The second kappa shape index (κ2) is 69.6. The smallest absolute Gasteiger partial charge is 0.748 e. The quantitative estimate of drug-likeness (QED) is 0.0196. The zero-order valence-corrected chi connectivity index (χ0v) is 103. The van der Waals surface area contributed by atoms with Crippen LogP contribution in [-0.2, 0) is 72.8 Å². The number of carbonyl (C=O) groups is 7. The first-order valence-electron chi connectivity index (χ1n) is 43.2. The van der Waals surface area contributed by atoms with E-state index in [2.05, 4.69) is 168 Å². The minimum atomic E-state index is -4.21. The van der Waals surface area contributed by atoms with E-state index in [1.54, 1.807) is 76.0 Å². The van der Waals surface area contributed by atoms with E-state index in [4.69, 9.17) is 0 Å². The van der Waals surface area contributed by atoms with E-state index in [0.29, 0.717) is 137 Å². The largest absolute Gasteiger partial charge is 1.00 e. The van der Waals surface area contributed by atoms with Crippen molar-refractivity contribution in [3.8, 4) is 0 Å². The molecule has 6 amide bonds. The molecule has 0 aromatic rings. The molecule has 26 nitrogen and oxygen atoms in total. The number of nitrogens with zero attached hydrogens (tertiary/aromatic N) is 6. The Morgan fingerprint density at radius 3 is 0.754 bits per heavy atom. The molecule has 0 rings (SSSR count). The molecular weight excluding hydrogens is 1850 g/mol. The number of hydrogen-bond acceptors (Lipinski definition) is 21. The summed E-state index contributed by atoms with van der Waals surface area (Å²) in [5.41, 5.74) is 2.96. The van der Waals surface area contributed by atoms with E-state index in [1.165, 1.54) is 25.1 Å². The first kappa shape index (κ1) is 144. The standard InChI is InChI=1S/C15H31N2O3PSi.C15H32NO2PSi.2C14H29NO4SSi.C14H30NO2PSi.C13H27NO4SSi.3Na/c1-13(2)14(18)16-15(19)17(10-11-21(3,4)20)9-8-12-22(5,6)7;1-14(15(2)17)13-16(10-11-19(3,4)18)9-8-12-20(5,6)7;1-13(14(2)16)12-15(8-6-10-20(17,18)19)9-7-11-21(3,4)5;1-13(2)14(16)15(10-8-12-21(3,4)5)9-6-7-11-20(17,18)19;1-13(2)14(16)15(10-11-18(3,4)17)9-8-12-19(5,6)7;1-12(2)13(15)14(8-6-10-19(16,17)18)9-7-11-20(3,4)5;;;/h1,8-12H2,2-7H3,(H,16,18,19);1,8-13H2,2-7H3;2*1,6-12H2,2-5H3,(H,17,18,19);1,8-12H2,2-7H3;1,6-11H2,2-5H3,(H,16,17,18);;;/q;;;;;;3*+1/p-3. The van der Waals surface area contributed by atoms with Crippen molar-refractivity contribution in [2.75, 3.05) is 167 Å². The predicted molar refractivity (Wildman–Crippen MR) is 538 cm³/mol. The van der Waals surface area contributed by atoms with Crippen LogP contribution in [0.2, 0.25) is 154 Å². The SMILES string of the molecule is C=C(C)C(=O)N(CCCCS(=O)(=O)[O-])CCC[Si](C)(C)C.C=C(C)C(=O)N(CCC[Si](C)(C)C)CCCS(=O)(=O)[O-].C=C(C)C(=O)N(CCC[Si](C)(C)C)CCP(C)(C)=O.C=C(C)C(=O)NC(=O)N(CCC[Si](C)(C)C)CCP(C)(C)=O.C=C(CN(CCC[Si](C)(C)C)CCCS(=O)(=O)[O-])C(C)=O.C=C(CN(CCC[Si](C)(C)C)CCP(C)(C)=O)C(C)=O.[Na+].[Na+].[Na+]. The van der Waals surface area contributed by atoms with Gasteiger partial charge in [-0.1, -0.05) is 194 Å². The van der Waals surface area contributed by atoms with Gasteiger partial charge in [-0.05, 0) is 165 Å². The molecule has 1 N–H and O–H groups in total. The van der Waals surface area contributed by atoms with Gasteiger partial charge >= 0.3 is 94.7 Å². The molecule has 0 saturated heterocycles. The second-order valence-corrected chi connectivity index (χ2v) is 90.8. The third-order valence-electron chi connectivity index (χ3n) is 18.4. The fourth-order valence-corrected chi connectivity index (χ4v) is 22.2.